The van der Waals surface area contributed by atoms with Crippen molar-refractivity contribution in [2.45, 2.75) is 45.1 Å². The number of rotatable bonds is 5. The van der Waals surface area contributed by atoms with Gasteiger partial charge in [-0.1, -0.05) is 24.6 Å². The summed E-state index contributed by atoms with van der Waals surface area (Å²) in [7, 11) is -3.63. The van der Waals surface area contributed by atoms with Crippen LogP contribution >= 0.6 is 11.6 Å². The summed E-state index contributed by atoms with van der Waals surface area (Å²) in [5.41, 5.74) is 1.46. The second-order valence-electron chi connectivity index (χ2n) is 7.30. The molecule has 0 radical (unpaired) electrons. The number of aryl methyl sites for hydroxylation is 1. The summed E-state index contributed by atoms with van der Waals surface area (Å²) >= 11 is 5.93. The van der Waals surface area contributed by atoms with Crippen LogP contribution in [0.2, 0.25) is 5.02 Å². The monoisotopic (exact) mass is 424 g/mol. The average Bonchev–Trinajstić information content (AvgIpc) is 2.89. The summed E-state index contributed by atoms with van der Waals surface area (Å²) in [6.07, 6.45) is 1.71. The molecule has 1 aromatic carbocycles. The molecule has 0 atom stereocenters. The zero-order valence-corrected chi connectivity index (χ0v) is 17.8. The number of piperidine rings is 1. The van der Waals surface area contributed by atoms with E-state index in [9.17, 15) is 13.2 Å². The van der Waals surface area contributed by atoms with E-state index in [1.54, 1.807) is 38.1 Å². The second kappa shape index (κ2) is 8.23. The van der Waals surface area contributed by atoms with Crippen molar-refractivity contribution in [1.29, 1.82) is 0 Å². The van der Waals surface area contributed by atoms with E-state index < -0.39 is 10.0 Å². The van der Waals surface area contributed by atoms with E-state index in [1.165, 1.54) is 8.99 Å². The van der Waals surface area contributed by atoms with E-state index in [4.69, 9.17) is 11.6 Å². The molecular formula is C19H25ClN4O3S. The van der Waals surface area contributed by atoms with E-state index >= 15 is 0 Å². The first-order valence-corrected chi connectivity index (χ1v) is 11.1. The first-order valence-electron chi connectivity index (χ1n) is 9.28. The molecule has 1 aliphatic heterocycles. The predicted molar refractivity (Wildman–Crippen MR) is 109 cm³/mol. The van der Waals surface area contributed by atoms with Crippen LogP contribution in [0.3, 0.4) is 0 Å². The highest BCUT2D eigenvalue weighted by molar-refractivity contribution is 7.89. The minimum absolute atomic E-state index is 0.0776. The third kappa shape index (κ3) is 4.39. The number of hydrogen-bond acceptors (Lipinski definition) is 4. The molecule has 0 spiro atoms. The van der Waals surface area contributed by atoms with Gasteiger partial charge in [-0.2, -0.15) is 9.40 Å². The predicted octanol–water partition coefficient (Wildman–Crippen LogP) is 3.21. The maximum Gasteiger partial charge on any atom is 0.246 e. The van der Waals surface area contributed by atoms with Crippen LogP contribution < -0.4 is 5.32 Å². The lowest BCUT2D eigenvalue weighted by molar-refractivity contribution is -0.116. The van der Waals surface area contributed by atoms with Gasteiger partial charge in [0.2, 0.25) is 15.9 Å². The number of amides is 1. The number of carbonyl (C=O) groups excluding carboxylic acids is 1. The van der Waals surface area contributed by atoms with Crippen LogP contribution in [0, 0.1) is 19.8 Å². The van der Waals surface area contributed by atoms with Crippen molar-refractivity contribution in [2.75, 3.05) is 18.4 Å². The average molecular weight is 425 g/mol. The maximum atomic E-state index is 13.1. The molecule has 2 heterocycles. The fraction of sp³-hybridized carbons (Fsp3) is 0.474. The Morgan fingerprint density at radius 3 is 2.61 bits per heavy atom. The molecule has 2 aromatic rings. The Morgan fingerprint density at radius 1 is 1.29 bits per heavy atom. The van der Waals surface area contributed by atoms with Crippen LogP contribution in [-0.4, -0.2) is 41.5 Å². The zero-order chi connectivity index (χ0) is 20.5. The van der Waals surface area contributed by atoms with Gasteiger partial charge in [-0.15, -0.1) is 0 Å². The molecule has 1 saturated heterocycles. The van der Waals surface area contributed by atoms with E-state index in [0.29, 0.717) is 41.1 Å². The lowest BCUT2D eigenvalue weighted by Crippen LogP contribution is -2.38. The van der Waals surface area contributed by atoms with Gasteiger partial charge >= 0.3 is 0 Å². The standard InChI is InChI=1S/C19H25ClN4O3S/c1-13-7-9-23(10-8-13)28(26,27)19-14(2)22-24(15(19)3)12-18(25)21-17-6-4-5-16(20)11-17/h4-6,11,13H,7-10,12H2,1-3H3,(H,21,25). The molecule has 1 aromatic heterocycles. The molecule has 1 amide bonds. The van der Waals surface area contributed by atoms with Gasteiger partial charge in [0.15, 0.2) is 0 Å². The normalized spacial score (nSPS) is 16.3. The van der Waals surface area contributed by atoms with E-state index in [0.717, 1.165) is 12.8 Å². The maximum absolute atomic E-state index is 13.1. The molecule has 1 fully saturated rings. The molecule has 1 N–H and O–H groups in total. The zero-order valence-electron chi connectivity index (χ0n) is 16.3. The summed E-state index contributed by atoms with van der Waals surface area (Å²) in [5.74, 6) is 0.232. The summed E-state index contributed by atoms with van der Waals surface area (Å²) < 4.78 is 29.2. The summed E-state index contributed by atoms with van der Waals surface area (Å²) in [5, 5.41) is 7.58. The van der Waals surface area contributed by atoms with Gasteiger partial charge in [-0.05, 0) is 50.8 Å². The third-order valence-electron chi connectivity index (χ3n) is 5.06. The number of halogens is 1. The minimum atomic E-state index is -3.63. The van der Waals surface area contributed by atoms with Gasteiger partial charge in [0.05, 0.1) is 11.4 Å². The number of benzene rings is 1. The number of carbonyl (C=O) groups is 1. The number of nitrogens with zero attached hydrogens (tertiary/aromatic N) is 3. The van der Waals surface area contributed by atoms with Gasteiger partial charge in [0, 0.05) is 23.8 Å². The first kappa shape index (κ1) is 20.8. The van der Waals surface area contributed by atoms with Crippen LogP contribution in [0.4, 0.5) is 5.69 Å². The number of nitrogens with one attached hydrogen (secondary N) is 1. The lowest BCUT2D eigenvalue weighted by atomic mass is 10.0. The van der Waals surface area contributed by atoms with Crippen molar-refractivity contribution in [2.24, 2.45) is 5.92 Å². The summed E-state index contributed by atoms with van der Waals surface area (Å²) in [6.45, 7) is 6.44. The number of anilines is 1. The highest BCUT2D eigenvalue weighted by atomic mass is 35.5. The Bertz CT molecular complexity index is 979. The van der Waals surface area contributed by atoms with Gasteiger partial charge in [-0.25, -0.2) is 8.42 Å². The van der Waals surface area contributed by atoms with Crippen LogP contribution in [0.5, 0.6) is 0 Å². The van der Waals surface area contributed by atoms with Gasteiger partial charge in [0.1, 0.15) is 11.4 Å². The minimum Gasteiger partial charge on any atom is -0.324 e. The Balaban J connectivity index is 1.78. The first-order chi connectivity index (χ1) is 13.2. The summed E-state index contributed by atoms with van der Waals surface area (Å²) in [4.78, 5) is 12.6. The van der Waals surface area contributed by atoms with Gasteiger partial charge in [-0.3, -0.25) is 9.48 Å². The molecule has 0 bridgehead atoms. The SMILES string of the molecule is Cc1nn(CC(=O)Nc2cccc(Cl)c2)c(C)c1S(=O)(=O)N1CCC(C)CC1. The Hall–Kier alpha value is -1.90. The van der Waals surface area contributed by atoms with Crippen molar-refractivity contribution in [1.82, 2.24) is 14.1 Å². The van der Waals surface area contributed by atoms with Crippen molar-refractivity contribution < 1.29 is 13.2 Å². The highest BCUT2D eigenvalue weighted by Crippen LogP contribution is 2.27. The molecule has 0 saturated carbocycles. The lowest BCUT2D eigenvalue weighted by Gasteiger charge is -2.29. The number of aromatic nitrogens is 2. The van der Waals surface area contributed by atoms with Crippen molar-refractivity contribution in [3.8, 4) is 0 Å². The molecule has 3 rings (SSSR count). The molecular weight excluding hydrogens is 400 g/mol. The Labute approximate surface area is 170 Å². The van der Waals surface area contributed by atoms with Crippen LogP contribution in [0.1, 0.15) is 31.2 Å². The Morgan fingerprint density at radius 2 is 1.96 bits per heavy atom. The fourth-order valence-corrected chi connectivity index (χ4v) is 5.50. The molecule has 0 aliphatic carbocycles. The molecule has 1 aliphatic rings. The largest absolute Gasteiger partial charge is 0.324 e. The smallest absolute Gasteiger partial charge is 0.246 e. The van der Waals surface area contributed by atoms with Crippen LogP contribution in [0.25, 0.3) is 0 Å². The molecule has 0 unspecified atom stereocenters. The van der Waals surface area contributed by atoms with Gasteiger partial charge < -0.3 is 5.32 Å². The van der Waals surface area contributed by atoms with Crippen molar-refractivity contribution in [3.63, 3.8) is 0 Å². The van der Waals surface area contributed by atoms with E-state index in [-0.39, 0.29) is 17.3 Å². The highest BCUT2D eigenvalue weighted by Gasteiger charge is 2.33. The second-order valence-corrected chi connectivity index (χ2v) is 9.61. The molecule has 9 heteroatoms. The van der Waals surface area contributed by atoms with Gasteiger partial charge in [0.25, 0.3) is 0 Å². The van der Waals surface area contributed by atoms with Crippen LogP contribution in [0.15, 0.2) is 29.2 Å². The molecule has 28 heavy (non-hydrogen) atoms. The topological polar surface area (TPSA) is 84.3 Å². The quantitative estimate of drug-likeness (QED) is 0.798. The molecule has 152 valence electrons. The Kier molecular flexibility index (Phi) is 6.12. The van der Waals surface area contributed by atoms with Crippen molar-refractivity contribution in [3.05, 3.63) is 40.7 Å². The fourth-order valence-electron chi connectivity index (χ4n) is 3.46. The number of sulfonamides is 1. The third-order valence-corrected chi connectivity index (χ3v) is 7.44. The molecule has 7 nitrogen and oxygen atoms in total. The van der Waals surface area contributed by atoms with E-state index in [1.807, 2.05) is 0 Å². The summed E-state index contributed by atoms with van der Waals surface area (Å²) in [6, 6.07) is 6.84. The van der Waals surface area contributed by atoms with Crippen LogP contribution in [-0.2, 0) is 21.4 Å². The van der Waals surface area contributed by atoms with E-state index in [2.05, 4.69) is 17.3 Å². The number of hydrogen-bond donors (Lipinski definition) is 1. The van der Waals surface area contributed by atoms with Crippen molar-refractivity contribution >= 4 is 33.2 Å².